The summed E-state index contributed by atoms with van der Waals surface area (Å²) in [4.78, 5) is 11.5. The van der Waals surface area contributed by atoms with Gasteiger partial charge in [0.2, 0.25) is 0 Å². The zero-order valence-corrected chi connectivity index (χ0v) is 13.7. The molecule has 1 fully saturated rings. The summed E-state index contributed by atoms with van der Waals surface area (Å²) < 4.78 is 6.02. The van der Waals surface area contributed by atoms with E-state index in [9.17, 15) is 4.79 Å². The number of ether oxygens (including phenoxy) is 1. The van der Waals surface area contributed by atoms with E-state index >= 15 is 0 Å². The molecule has 21 heavy (non-hydrogen) atoms. The largest absolute Gasteiger partial charge is 0.484 e. The molecule has 1 aromatic rings. The maximum Gasteiger partial charge on any atom is 0.257 e. The molecule has 0 aliphatic carbocycles. The molecule has 0 aromatic heterocycles. The highest BCUT2D eigenvalue weighted by molar-refractivity contribution is 8.16. The van der Waals surface area contributed by atoms with Crippen molar-refractivity contribution in [2.24, 2.45) is 5.73 Å². The van der Waals surface area contributed by atoms with Crippen LogP contribution in [0, 0.1) is 0 Å². The second-order valence-electron chi connectivity index (χ2n) is 4.78. The molecule has 1 aliphatic heterocycles. The van der Waals surface area contributed by atoms with E-state index in [0.717, 1.165) is 12.2 Å². The number of rotatable bonds is 7. The Morgan fingerprint density at radius 3 is 2.67 bits per heavy atom. The summed E-state index contributed by atoms with van der Waals surface area (Å²) in [6.07, 6.45) is 2.09. The van der Waals surface area contributed by atoms with Gasteiger partial charge in [-0.2, -0.15) is 0 Å². The minimum Gasteiger partial charge on any atom is -0.484 e. The Hall–Kier alpha value is -0.850. The third kappa shape index (κ3) is 5.80. The van der Waals surface area contributed by atoms with Gasteiger partial charge in [0, 0.05) is 6.54 Å². The van der Waals surface area contributed by atoms with Crippen molar-refractivity contribution >= 4 is 29.4 Å². The molecule has 1 heterocycles. The van der Waals surface area contributed by atoms with Gasteiger partial charge in [-0.3, -0.25) is 4.79 Å². The fourth-order valence-electron chi connectivity index (χ4n) is 1.93. The van der Waals surface area contributed by atoms with Crippen LogP contribution in [0.4, 0.5) is 0 Å². The zero-order valence-electron chi connectivity index (χ0n) is 12.0. The third-order valence-electron chi connectivity index (χ3n) is 3.05. The summed E-state index contributed by atoms with van der Waals surface area (Å²) in [7, 11) is 0. The summed E-state index contributed by atoms with van der Waals surface area (Å²) in [5.41, 5.74) is 6.69. The quantitative estimate of drug-likeness (QED) is 0.753. The summed E-state index contributed by atoms with van der Waals surface area (Å²) >= 11 is 4.00. The number of hydrogen-bond acceptors (Lipinski definition) is 5. The minimum absolute atomic E-state index is 0.0524. The molecule has 4 nitrogen and oxygen atoms in total. The monoisotopic (exact) mass is 326 g/mol. The van der Waals surface area contributed by atoms with Crippen molar-refractivity contribution in [3.63, 3.8) is 0 Å². The smallest absolute Gasteiger partial charge is 0.257 e. The molecule has 1 saturated heterocycles. The van der Waals surface area contributed by atoms with Gasteiger partial charge in [0.25, 0.3) is 5.91 Å². The van der Waals surface area contributed by atoms with Crippen LogP contribution in [0.25, 0.3) is 0 Å². The third-order valence-corrected chi connectivity index (χ3v) is 6.07. The Morgan fingerprint density at radius 1 is 1.29 bits per heavy atom. The Labute approximate surface area is 134 Å². The number of nitrogens with two attached hydrogens (primary N) is 1. The van der Waals surface area contributed by atoms with E-state index in [1.807, 2.05) is 35.7 Å². The fourth-order valence-corrected chi connectivity index (χ4v) is 4.83. The second kappa shape index (κ2) is 9.23. The molecule has 2 rings (SSSR count). The number of carbonyl (C=O) groups excluding carboxylic acids is 1. The summed E-state index contributed by atoms with van der Waals surface area (Å²) in [6, 6.07) is 8.08. The lowest BCUT2D eigenvalue weighted by atomic mass is 10.2. The van der Waals surface area contributed by atoms with Gasteiger partial charge in [-0.1, -0.05) is 12.1 Å². The molecule has 6 heteroatoms. The summed E-state index contributed by atoms with van der Waals surface area (Å²) in [5.74, 6) is 3.10. The van der Waals surface area contributed by atoms with Crippen molar-refractivity contribution in [1.29, 1.82) is 0 Å². The zero-order chi connectivity index (χ0) is 14.9. The molecule has 0 saturated carbocycles. The molecule has 0 unspecified atom stereocenters. The van der Waals surface area contributed by atoms with Crippen LogP contribution in [-0.4, -0.2) is 37.1 Å². The van der Waals surface area contributed by atoms with Crippen molar-refractivity contribution in [3.05, 3.63) is 29.8 Å². The predicted octanol–water partition coefficient (Wildman–Crippen LogP) is 2.40. The van der Waals surface area contributed by atoms with Gasteiger partial charge in [0.15, 0.2) is 6.61 Å². The summed E-state index contributed by atoms with van der Waals surface area (Å²) in [6.45, 7) is 1.24. The molecule has 3 N–H and O–H groups in total. The number of carbonyl (C=O) groups is 1. The van der Waals surface area contributed by atoms with Gasteiger partial charge in [-0.15, -0.1) is 23.5 Å². The lowest BCUT2D eigenvalue weighted by Crippen LogP contribution is -2.30. The van der Waals surface area contributed by atoms with E-state index < -0.39 is 0 Å². The molecule has 1 aliphatic rings. The van der Waals surface area contributed by atoms with E-state index in [1.165, 1.54) is 23.5 Å². The Bertz CT molecular complexity index is 434. The highest BCUT2D eigenvalue weighted by atomic mass is 32.2. The lowest BCUT2D eigenvalue weighted by Gasteiger charge is -2.21. The molecule has 0 atom stereocenters. The van der Waals surface area contributed by atoms with Crippen LogP contribution in [0.15, 0.2) is 24.3 Å². The molecular formula is C15H22N2O2S2. The average molecular weight is 326 g/mol. The molecule has 1 aromatic carbocycles. The topological polar surface area (TPSA) is 64.3 Å². The normalized spacial score (nSPS) is 15.7. The van der Waals surface area contributed by atoms with Crippen molar-refractivity contribution in [3.8, 4) is 5.75 Å². The molecule has 0 bridgehead atoms. The fraction of sp³-hybridized carbons (Fsp3) is 0.533. The molecule has 0 radical (unpaired) electrons. The lowest BCUT2D eigenvalue weighted by molar-refractivity contribution is -0.123. The number of benzene rings is 1. The standard InChI is InChI=1S/C15H22N2O2S2/c16-7-1-8-17-14(18)11-19-13-5-3-12(4-6-13)15-20-9-2-10-21-15/h3-6,15H,1-2,7-11,16H2,(H,17,18). The van der Waals surface area contributed by atoms with E-state index in [4.69, 9.17) is 10.5 Å². The highest BCUT2D eigenvalue weighted by Crippen LogP contribution is 2.43. The molecule has 116 valence electrons. The first kappa shape index (κ1) is 16.5. The van der Waals surface area contributed by atoms with Crippen LogP contribution < -0.4 is 15.8 Å². The first-order chi connectivity index (χ1) is 10.3. The number of hydrogen-bond donors (Lipinski definition) is 2. The molecule has 0 spiro atoms. The van der Waals surface area contributed by atoms with Crippen LogP contribution >= 0.6 is 23.5 Å². The van der Waals surface area contributed by atoms with Crippen molar-refractivity contribution in [2.45, 2.75) is 17.4 Å². The number of amides is 1. The Kier molecular flexibility index (Phi) is 7.26. The predicted molar refractivity (Wildman–Crippen MR) is 90.9 cm³/mol. The Morgan fingerprint density at radius 2 is 2.00 bits per heavy atom. The van der Waals surface area contributed by atoms with Gasteiger partial charge in [0.1, 0.15) is 5.75 Å². The number of thioether (sulfide) groups is 2. The summed E-state index contributed by atoms with van der Waals surface area (Å²) in [5, 5.41) is 2.77. The maximum absolute atomic E-state index is 11.5. The molecular weight excluding hydrogens is 304 g/mol. The van der Waals surface area contributed by atoms with Gasteiger partial charge >= 0.3 is 0 Å². The van der Waals surface area contributed by atoms with E-state index in [0.29, 0.717) is 17.7 Å². The van der Waals surface area contributed by atoms with Crippen LogP contribution in [0.3, 0.4) is 0 Å². The second-order valence-corrected chi connectivity index (χ2v) is 7.50. The Balaban J connectivity index is 1.75. The van der Waals surface area contributed by atoms with E-state index in [1.54, 1.807) is 0 Å². The molecule has 1 amide bonds. The minimum atomic E-state index is -0.106. The van der Waals surface area contributed by atoms with Gasteiger partial charge < -0.3 is 15.8 Å². The van der Waals surface area contributed by atoms with E-state index in [2.05, 4.69) is 17.4 Å². The van der Waals surface area contributed by atoms with E-state index in [-0.39, 0.29) is 12.5 Å². The highest BCUT2D eigenvalue weighted by Gasteiger charge is 2.16. The van der Waals surface area contributed by atoms with Crippen molar-refractivity contribution in [2.75, 3.05) is 31.2 Å². The van der Waals surface area contributed by atoms with Crippen molar-refractivity contribution < 1.29 is 9.53 Å². The first-order valence-electron chi connectivity index (χ1n) is 7.22. The average Bonchev–Trinajstić information content (AvgIpc) is 2.54. The van der Waals surface area contributed by atoms with Gasteiger partial charge in [0.05, 0.1) is 4.58 Å². The number of nitrogens with one attached hydrogen (secondary N) is 1. The van der Waals surface area contributed by atoms with Gasteiger partial charge in [-0.25, -0.2) is 0 Å². The van der Waals surface area contributed by atoms with Gasteiger partial charge in [-0.05, 0) is 48.6 Å². The van der Waals surface area contributed by atoms with Crippen LogP contribution in [-0.2, 0) is 4.79 Å². The van der Waals surface area contributed by atoms with Crippen LogP contribution in [0.5, 0.6) is 5.75 Å². The van der Waals surface area contributed by atoms with Crippen molar-refractivity contribution in [1.82, 2.24) is 5.32 Å². The maximum atomic E-state index is 11.5. The van der Waals surface area contributed by atoms with Crippen LogP contribution in [0.1, 0.15) is 23.0 Å². The van der Waals surface area contributed by atoms with Crippen LogP contribution in [0.2, 0.25) is 0 Å². The SMILES string of the molecule is NCCCNC(=O)COc1ccc(C2SCCCS2)cc1. The first-order valence-corrected chi connectivity index (χ1v) is 9.32.